The molecule has 0 spiro atoms. The molecular formula is C22H19Cl2N3O4S. The summed E-state index contributed by atoms with van der Waals surface area (Å²) in [6.45, 7) is -0.507. The van der Waals surface area contributed by atoms with Gasteiger partial charge < -0.3 is 4.74 Å². The predicted molar refractivity (Wildman–Crippen MR) is 126 cm³/mol. The lowest BCUT2D eigenvalue weighted by atomic mass is 10.2. The number of carbonyl (C=O) groups excluding carboxylic acids is 1. The van der Waals surface area contributed by atoms with Crippen LogP contribution in [0.3, 0.4) is 0 Å². The number of hydrogen-bond acceptors (Lipinski definition) is 5. The molecule has 0 saturated carbocycles. The van der Waals surface area contributed by atoms with Crippen molar-refractivity contribution in [3.05, 3.63) is 88.4 Å². The highest BCUT2D eigenvalue weighted by atomic mass is 35.5. The van der Waals surface area contributed by atoms with Crippen LogP contribution < -0.4 is 14.5 Å². The molecule has 0 aliphatic heterocycles. The molecule has 0 saturated heterocycles. The number of anilines is 1. The minimum Gasteiger partial charge on any atom is -0.497 e. The first-order valence-electron chi connectivity index (χ1n) is 9.29. The molecule has 166 valence electrons. The second kappa shape index (κ2) is 10.5. The lowest BCUT2D eigenvalue weighted by molar-refractivity contribution is -0.119. The van der Waals surface area contributed by atoms with Crippen molar-refractivity contribution in [1.82, 2.24) is 5.43 Å². The summed E-state index contributed by atoms with van der Waals surface area (Å²) in [5.41, 5.74) is 3.30. The molecule has 3 aromatic rings. The van der Waals surface area contributed by atoms with E-state index in [1.165, 1.54) is 43.7 Å². The number of ether oxygens (including phenoxy) is 1. The van der Waals surface area contributed by atoms with Gasteiger partial charge in [0.2, 0.25) is 0 Å². The van der Waals surface area contributed by atoms with E-state index in [0.717, 1.165) is 4.31 Å². The molecule has 3 aromatic carbocycles. The van der Waals surface area contributed by atoms with E-state index in [0.29, 0.717) is 21.4 Å². The van der Waals surface area contributed by atoms with Gasteiger partial charge in [0.25, 0.3) is 15.9 Å². The van der Waals surface area contributed by atoms with Gasteiger partial charge in [-0.05, 0) is 60.2 Å². The summed E-state index contributed by atoms with van der Waals surface area (Å²) >= 11 is 11.9. The van der Waals surface area contributed by atoms with E-state index in [4.69, 9.17) is 27.9 Å². The fourth-order valence-electron chi connectivity index (χ4n) is 2.71. The van der Waals surface area contributed by atoms with Crippen LogP contribution in [-0.4, -0.2) is 34.2 Å². The van der Waals surface area contributed by atoms with Gasteiger partial charge in [-0.25, -0.2) is 13.8 Å². The number of rotatable bonds is 8. The summed E-state index contributed by atoms with van der Waals surface area (Å²) in [5, 5.41) is 4.79. The molecule has 0 fully saturated rings. The maximum atomic E-state index is 13.3. The van der Waals surface area contributed by atoms with Crippen LogP contribution in [-0.2, 0) is 14.8 Å². The number of halogens is 2. The van der Waals surface area contributed by atoms with Gasteiger partial charge in [-0.2, -0.15) is 5.10 Å². The minimum absolute atomic E-state index is 0.00394. The number of sulfonamides is 1. The zero-order chi connectivity index (χ0) is 23.1. The Labute approximate surface area is 196 Å². The number of hydrogen-bond donors (Lipinski definition) is 1. The van der Waals surface area contributed by atoms with Gasteiger partial charge in [0.1, 0.15) is 12.3 Å². The topological polar surface area (TPSA) is 88.1 Å². The van der Waals surface area contributed by atoms with Crippen molar-refractivity contribution in [1.29, 1.82) is 0 Å². The Morgan fingerprint density at radius 2 is 1.72 bits per heavy atom. The van der Waals surface area contributed by atoms with Crippen molar-refractivity contribution in [3.8, 4) is 5.75 Å². The highest BCUT2D eigenvalue weighted by Crippen LogP contribution is 2.27. The van der Waals surface area contributed by atoms with E-state index >= 15 is 0 Å². The second-order valence-corrected chi connectivity index (χ2v) is 9.25. The Bertz CT molecular complexity index is 1210. The summed E-state index contributed by atoms with van der Waals surface area (Å²) in [5.74, 6) is -0.125. The third-order valence-electron chi connectivity index (χ3n) is 4.30. The maximum absolute atomic E-state index is 13.3. The first kappa shape index (κ1) is 23.6. The standard InChI is InChI=1S/C22H19Cl2N3O4S/c1-31-20-9-11-21(12-10-20)32(29,30)27(19-4-2-3-18(24)13-19)15-22(28)26-25-14-16-5-7-17(23)8-6-16/h2-14H,15H2,1H3,(H,26,28)/b25-14-. The number of carbonyl (C=O) groups is 1. The van der Waals surface area contributed by atoms with E-state index < -0.39 is 22.5 Å². The molecule has 0 aliphatic carbocycles. The monoisotopic (exact) mass is 491 g/mol. The number of methoxy groups -OCH3 is 1. The van der Waals surface area contributed by atoms with Crippen molar-refractivity contribution < 1.29 is 17.9 Å². The van der Waals surface area contributed by atoms with Gasteiger partial charge in [-0.3, -0.25) is 9.10 Å². The molecule has 0 aromatic heterocycles. The van der Waals surface area contributed by atoms with E-state index in [2.05, 4.69) is 10.5 Å². The normalized spacial score (nSPS) is 11.3. The molecule has 0 atom stereocenters. The maximum Gasteiger partial charge on any atom is 0.264 e. The van der Waals surface area contributed by atoms with Crippen LogP contribution >= 0.6 is 23.2 Å². The third kappa shape index (κ3) is 6.00. The van der Waals surface area contributed by atoms with Crippen LogP contribution in [0.5, 0.6) is 5.75 Å². The molecule has 10 heteroatoms. The molecule has 0 radical (unpaired) electrons. The zero-order valence-electron chi connectivity index (χ0n) is 16.9. The third-order valence-corrected chi connectivity index (χ3v) is 6.58. The molecule has 7 nitrogen and oxygen atoms in total. The molecule has 3 rings (SSSR count). The SMILES string of the molecule is COc1ccc(S(=O)(=O)N(CC(=O)N/N=C\c2ccc(Cl)cc2)c2cccc(Cl)c2)cc1. The van der Waals surface area contributed by atoms with E-state index in [1.54, 1.807) is 42.5 Å². The first-order valence-corrected chi connectivity index (χ1v) is 11.5. The Morgan fingerprint density at radius 1 is 1.03 bits per heavy atom. The average molecular weight is 492 g/mol. The van der Waals surface area contributed by atoms with Crippen molar-refractivity contribution in [3.63, 3.8) is 0 Å². The molecular weight excluding hydrogens is 473 g/mol. The summed E-state index contributed by atoms with van der Waals surface area (Å²) < 4.78 is 32.7. The van der Waals surface area contributed by atoms with Crippen LogP contribution in [0.25, 0.3) is 0 Å². The number of nitrogens with one attached hydrogen (secondary N) is 1. The summed E-state index contributed by atoms with van der Waals surface area (Å²) in [6.07, 6.45) is 1.43. The van der Waals surface area contributed by atoms with Gasteiger partial charge in [-0.15, -0.1) is 0 Å². The highest BCUT2D eigenvalue weighted by Gasteiger charge is 2.27. The van der Waals surface area contributed by atoms with E-state index in [-0.39, 0.29) is 10.6 Å². The van der Waals surface area contributed by atoms with Gasteiger partial charge >= 0.3 is 0 Å². The molecule has 0 bridgehead atoms. The Balaban J connectivity index is 1.84. The molecule has 1 N–H and O–H groups in total. The quantitative estimate of drug-likeness (QED) is 0.374. The molecule has 1 amide bonds. The van der Waals surface area contributed by atoms with Crippen LogP contribution in [0.4, 0.5) is 5.69 Å². The van der Waals surface area contributed by atoms with Gasteiger partial charge in [0.15, 0.2) is 0 Å². The fourth-order valence-corrected chi connectivity index (χ4v) is 4.44. The number of benzene rings is 3. The first-order chi connectivity index (χ1) is 15.3. The number of hydrazone groups is 1. The molecule has 0 unspecified atom stereocenters. The lowest BCUT2D eigenvalue weighted by Gasteiger charge is -2.24. The lowest BCUT2D eigenvalue weighted by Crippen LogP contribution is -2.39. The zero-order valence-corrected chi connectivity index (χ0v) is 19.2. The predicted octanol–water partition coefficient (Wildman–Crippen LogP) is 4.35. The number of amides is 1. The Kier molecular flexibility index (Phi) is 7.74. The summed E-state index contributed by atoms with van der Waals surface area (Å²) in [4.78, 5) is 12.5. The smallest absolute Gasteiger partial charge is 0.264 e. The molecule has 0 aliphatic rings. The van der Waals surface area contributed by atoms with Crippen LogP contribution in [0.15, 0.2) is 82.8 Å². The molecule has 0 heterocycles. The van der Waals surface area contributed by atoms with Crippen LogP contribution in [0, 0.1) is 0 Å². The second-order valence-electron chi connectivity index (χ2n) is 6.51. The largest absolute Gasteiger partial charge is 0.497 e. The van der Waals surface area contributed by atoms with Crippen molar-refractivity contribution in [2.24, 2.45) is 5.10 Å². The van der Waals surface area contributed by atoms with Crippen molar-refractivity contribution in [2.45, 2.75) is 4.90 Å². The summed E-state index contributed by atoms with van der Waals surface area (Å²) in [7, 11) is -2.60. The van der Waals surface area contributed by atoms with Gasteiger partial charge in [0.05, 0.1) is 23.9 Å². The molecule has 32 heavy (non-hydrogen) atoms. The van der Waals surface area contributed by atoms with Gasteiger partial charge in [0, 0.05) is 10.0 Å². The Hall–Kier alpha value is -3.07. The fraction of sp³-hybridized carbons (Fsp3) is 0.0909. The van der Waals surface area contributed by atoms with Crippen LogP contribution in [0.2, 0.25) is 10.0 Å². The summed E-state index contributed by atoms with van der Waals surface area (Å²) in [6, 6.07) is 18.9. The Morgan fingerprint density at radius 3 is 2.34 bits per heavy atom. The van der Waals surface area contributed by atoms with Gasteiger partial charge in [-0.1, -0.05) is 41.4 Å². The van der Waals surface area contributed by atoms with Crippen molar-refractivity contribution in [2.75, 3.05) is 18.0 Å². The van der Waals surface area contributed by atoms with Crippen molar-refractivity contribution >= 4 is 51.0 Å². The number of nitrogens with zero attached hydrogens (tertiary/aromatic N) is 2. The highest BCUT2D eigenvalue weighted by molar-refractivity contribution is 7.92. The van der Waals surface area contributed by atoms with E-state index in [9.17, 15) is 13.2 Å². The van der Waals surface area contributed by atoms with E-state index in [1.807, 2.05) is 0 Å². The van der Waals surface area contributed by atoms with Crippen LogP contribution in [0.1, 0.15) is 5.56 Å². The average Bonchev–Trinajstić information content (AvgIpc) is 2.78. The minimum atomic E-state index is -4.08.